The van der Waals surface area contributed by atoms with Gasteiger partial charge in [0.05, 0.1) is 20.8 Å². The zero-order valence-electron chi connectivity index (χ0n) is 12.5. The molecule has 0 aliphatic carbocycles. The van der Waals surface area contributed by atoms with Gasteiger partial charge in [-0.25, -0.2) is 4.98 Å². The highest BCUT2D eigenvalue weighted by atomic mass is 35.5. The number of nitrogens with one attached hydrogen (secondary N) is 1. The third-order valence-corrected chi connectivity index (χ3v) is 5.38. The van der Waals surface area contributed by atoms with Gasteiger partial charge in [-0.1, -0.05) is 46.2 Å². The molecule has 0 radical (unpaired) electrons. The van der Waals surface area contributed by atoms with Crippen LogP contribution >= 0.6 is 34.7 Å². The quantitative estimate of drug-likeness (QED) is 0.478. The molecule has 0 bridgehead atoms. The van der Waals surface area contributed by atoms with Crippen molar-refractivity contribution in [1.29, 1.82) is 0 Å². The molecule has 2 aromatic carbocycles. The van der Waals surface area contributed by atoms with Gasteiger partial charge in [-0.05, 0) is 30.5 Å². The van der Waals surface area contributed by atoms with Crippen LogP contribution in [0.2, 0.25) is 5.02 Å². The highest BCUT2D eigenvalue weighted by Crippen LogP contribution is 2.34. The molecule has 2 heterocycles. The Bertz CT molecular complexity index is 1010. The van der Waals surface area contributed by atoms with E-state index >= 15 is 0 Å². The number of aromatic nitrogens is 3. The molecule has 4 aromatic rings. The third-order valence-electron chi connectivity index (χ3n) is 3.35. The molecule has 0 saturated heterocycles. The van der Waals surface area contributed by atoms with Crippen molar-refractivity contribution >= 4 is 56.1 Å². The number of rotatable bonds is 4. The Balaban J connectivity index is 1.64. The molecule has 0 amide bonds. The van der Waals surface area contributed by atoms with Crippen LogP contribution in [0.15, 0.2) is 51.8 Å². The summed E-state index contributed by atoms with van der Waals surface area (Å²) in [5.41, 5.74) is 1.68. The van der Waals surface area contributed by atoms with Crippen LogP contribution in [-0.2, 0) is 0 Å². The van der Waals surface area contributed by atoms with E-state index in [2.05, 4.69) is 26.6 Å². The minimum absolute atomic E-state index is 0.287. The minimum Gasteiger partial charge on any atom is -0.403 e. The van der Waals surface area contributed by atoms with Crippen molar-refractivity contribution < 1.29 is 4.42 Å². The summed E-state index contributed by atoms with van der Waals surface area (Å²) in [6, 6.07) is 13.8. The summed E-state index contributed by atoms with van der Waals surface area (Å²) in [6.45, 7) is 0. The predicted octanol–water partition coefficient (Wildman–Crippen LogP) is 5.47. The van der Waals surface area contributed by atoms with Crippen molar-refractivity contribution in [3.63, 3.8) is 0 Å². The fourth-order valence-electron chi connectivity index (χ4n) is 2.25. The molecular weight excluding hydrogens is 364 g/mol. The van der Waals surface area contributed by atoms with Crippen molar-refractivity contribution in [3.05, 3.63) is 47.5 Å². The SMILES string of the molecule is CSc1cccc2sc(Nc3nnc(-c4ccccc4Cl)o3)nc12. The van der Waals surface area contributed by atoms with E-state index in [-0.39, 0.29) is 6.01 Å². The third kappa shape index (κ3) is 2.86. The summed E-state index contributed by atoms with van der Waals surface area (Å²) in [7, 11) is 0. The second-order valence-corrected chi connectivity index (χ2v) is 7.13. The molecule has 0 spiro atoms. The van der Waals surface area contributed by atoms with Crippen molar-refractivity contribution in [3.8, 4) is 11.5 Å². The lowest BCUT2D eigenvalue weighted by atomic mass is 10.2. The number of hydrogen-bond acceptors (Lipinski definition) is 7. The van der Waals surface area contributed by atoms with Gasteiger partial charge in [-0.2, -0.15) is 0 Å². The number of thiazole rings is 1. The Morgan fingerprint density at radius 1 is 1.12 bits per heavy atom. The van der Waals surface area contributed by atoms with Crippen LogP contribution in [0, 0.1) is 0 Å². The van der Waals surface area contributed by atoms with E-state index in [1.54, 1.807) is 29.2 Å². The Labute approximate surface area is 151 Å². The van der Waals surface area contributed by atoms with Gasteiger partial charge in [-0.3, -0.25) is 5.32 Å². The molecule has 0 aliphatic rings. The normalized spacial score (nSPS) is 11.1. The average Bonchev–Trinajstić information content (AvgIpc) is 3.21. The number of hydrogen-bond donors (Lipinski definition) is 1. The van der Waals surface area contributed by atoms with Crippen LogP contribution in [0.4, 0.5) is 11.1 Å². The lowest BCUT2D eigenvalue weighted by molar-refractivity contribution is 0.587. The molecule has 5 nitrogen and oxygen atoms in total. The van der Waals surface area contributed by atoms with Gasteiger partial charge < -0.3 is 4.42 Å². The lowest BCUT2D eigenvalue weighted by Gasteiger charge is -1.97. The van der Waals surface area contributed by atoms with Gasteiger partial charge in [0.1, 0.15) is 0 Å². The highest BCUT2D eigenvalue weighted by Gasteiger charge is 2.14. The maximum atomic E-state index is 6.15. The van der Waals surface area contributed by atoms with Crippen LogP contribution in [0.1, 0.15) is 0 Å². The van der Waals surface area contributed by atoms with E-state index in [0.29, 0.717) is 21.6 Å². The first kappa shape index (κ1) is 15.4. The van der Waals surface area contributed by atoms with Gasteiger partial charge in [-0.15, -0.1) is 16.9 Å². The smallest absolute Gasteiger partial charge is 0.322 e. The molecule has 0 unspecified atom stereocenters. The van der Waals surface area contributed by atoms with E-state index in [1.807, 2.05) is 36.6 Å². The summed E-state index contributed by atoms with van der Waals surface area (Å²) in [5, 5.41) is 12.4. The molecule has 0 saturated carbocycles. The van der Waals surface area contributed by atoms with Gasteiger partial charge in [0.15, 0.2) is 5.13 Å². The van der Waals surface area contributed by atoms with E-state index in [4.69, 9.17) is 16.0 Å². The van der Waals surface area contributed by atoms with E-state index in [0.717, 1.165) is 15.1 Å². The van der Waals surface area contributed by atoms with Gasteiger partial charge in [0, 0.05) is 4.90 Å². The molecule has 24 heavy (non-hydrogen) atoms. The summed E-state index contributed by atoms with van der Waals surface area (Å²) >= 11 is 9.37. The van der Waals surface area contributed by atoms with Crippen molar-refractivity contribution in [2.75, 3.05) is 11.6 Å². The average molecular weight is 375 g/mol. The molecule has 120 valence electrons. The summed E-state index contributed by atoms with van der Waals surface area (Å²) < 4.78 is 6.76. The summed E-state index contributed by atoms with van der Waals surface area (Å²) in [6.07, 6.45) is 2.04. The van der Waals surface area contributed by atoms with Crippen molar-refractivity contribution in [2.45, 2.75) is 4.90 Å². The number of benzene rings is 2. The molecule has 1 N–H and O–H groups in total. The van der Waals surface area contributed by atoms with Gasteiger partial charge in [0.2, 0.25) is 0 Å². The first-order valence-corrected chi connectivity index (χ1v) is 9.45. The van der Waals surface area contributed by atoms with E-state index in [9.17, 15) is 0 Å². The molecule has 4 rings (SSSR count). The first-order chi connectivity index (χ1) is 11.7. The summed E-state index contributed by atoms with van der Waals surface area (Å²) in [5.74, 6) is 0.369. The number of thioether (sulfide) groups is 1. The van der Waals surface area contributed by atoms with Crippen LogP contribution in [-0.4, -0.2) is 21.4 Å². The lowest BCUT2D eigenvalue weighted by Crippen LogP contribution is -1.88. The van der Waals surface area contributed by atoms with Crippen LogP contribution in [0.5, 0.6) is 0 Å². The summed E-state index contributed by atoms with van der Waals surface area (Å²) in [4.78, 5) is 5.75. The number of nitrogens with zero attached hydrogens (tertiary/aromatic N) is 3. The number of fused-ring (bicyclic) bond motifs is 1. The zero-order valence-corrected chi connectivity index (χ0v) is 14.9. The van der Waals surface area contributed by atoms with Crippen molar-refractivity contribution in [1.82, 2.24) is 15.2 Å². The molecule has 0 aliphatic heterocycles. The topological polar surface area (TPSA) is 63.8 Å². The molecular formula is C16H11ClN4OS2. The standard InChI is InChI=1S/C16H11ClN4OS2/c1-23-11-7-4-8-12-13(11)18-16(24-12)19-15-21-20-14(22-15)9-5-2-3-6-10(9)17/h2-8H,1H3,(H,18,19,21). The fraction of sp³-hybridized carbons (Fsp3) is 0.0625. The number of para-hydroxylation sites is 1. The van der Waals surface area contributed by atoms with Crippen LogP contribution < -0.4 is 5.32 Å². The van der Waals surface area contributed by atoms with Gasteiger partial charge >= 0.3 is 6.01 Å². The second kappa shape index (κ2) is 6.43. The largest absolute Gasteiger partial charge is 0.403 e. The minimum atomic E-state index is 0.287. The second-order valence-electron chi connectivity index (χ2n) is 4.84. The number of halogens is 1. The zero-order chi connectivity index (χ0) is 16.5. The molecule has 8 heteroatoms. The molecule has 0 atom stereocenters. The Hall–Kier alpha value is -2.09. The molecule has 0 fully saturated rings. The maximum Gasteiger partial charge on any atom is 0.322 e. The van der Waals surface area contributed by atoms with Crippen LogP contribution in [0.3, 0.4) is 0 Å². The van der Waals surface area contributed by atoms with Crippen molar-refractivity contribution in [2.24, 2.45) is 0 Å². The monoisotopic (exact) mass is 374 g/mol. The highest BCUT2D eigenvalue weighted by molar-refractivity contribution is 7.98. The Morgan fingerprint density at radius 2 is 2.00 bits per heavy atom. The maximum absolute atomic E-state index is 6.15. The van der Waals surface area contributed by atoms with E-state index < -0.39 is 0 Å². The molecule has 2 aromatic heterocycles. The number of anilines is 2. The Morgan fingerprint density at radius 3 is 2.83 bits per heavy atom. The first-order valence-electron chi connectivity index (χ1n) is 7.03. The van der Waals surface area contributed by atoms with E-state index in [1.165, 1.54) is 0 Å². The Kier molecular flexibility index (Phi) is 4.13. The fourth-order valence-corrected chi connectivity index (χ4v) is 3.98. The van der Waals surface area contributed by atoms with Gasteiger partial charge in [0.25, 0.3) is 5.89 Å². The van der Waals surface area contributed by atoms with Crippen LogP contribution in [0.25, 0.3) is 21.7 Å². The predicted molar refractivity (Wildman–Crippen MR) is 99.4 cm³/mol.